The molecule has 0 fully saturated rings. The number of alkyl halides is 1. The van der Waals surface area contributed by atoms with Gasteiger partial charge in [0.15, 0.2) is 0 Å². The molecule has 1 rings (SSSR count). The summed E-state index contributed by atoms with van der Waals surface area (Å²) in [5, 5.41) is 8.42. The molecule has 3 nitrogen and oxygen atoms in total. The van der Waals surface area contributed by atoms with Crippen LogP contribution < -0.4 is 4.74 Å². The van der Waals surface area contributed by atoms with Gasteiger partial charge in [0, 0.05) is 0 Å². The highest BCUT2D eigenvalue weighted by molar-refractivity contribution is 6.30. The summed E-state index contributed by atoms with van der Waals surface area (Å²) in [6.45, 7) is 3.86. The minimum atomic E-state index is -0.640. The van der Waals surface area contributed by atoms with Crippen LogP contribution in [0.3, 0.4) is 0 Å². The number of phenols is 1. The lowest BCUT2D eigenvalue weighted by Gasteiger charge is -2.14. The molecule has 0 aliphatic heterocycles. The van der Waals surface area contributed by atoms with E-state index >= 15 is 0 Å². The maximum atomic E-state index is 11.6. The van der Waals surface area contributed by atoms with Crippen LogP contribution in [0.2, 0.25) is 0 Å². The highest BCUT2D eigenvalue weighted by Crippen LogP contribution is 2.20. The first-order valence-electron chi connectivity index (χ1n) is 5.19. The molecule has 0 bridgehead atoms. The smallest absolute Gasteiger partial charge is 0.329 e. The average Bonchev–Trinajstić information content (AvgIpc) is 2.30. The maximum Gasteiger partial charge on any atom is 0.329 e. The predicted molar refractivity (Wildman–Crippen MR) is 62.8 cm³/mol. The Morgan fingerprint density at radius 2 is 2.00 bits per heavy atom. The zero-order valence-electron chi connectivity index (χ0n) is 9.31. The quantitative estimate of drug-likeness (QED) is 0.502. The summed E-state index contributed by atoms with van der Waals surface area (Å²) in [4.78, 5) is 11.6. The largest absolute Gasteiger partial charge is 0.508 e. The van der Waals surface area contributed by atoms with Crippen LogP contribution >= 0.6 is 11.6 Å². The molecule has 0 spiro atoms. The zero-order valence-corrected chi connectivity index (χ0v) is 10.1. The molecule has 0 saturated heterocycles. The van der Waals surface area contributed by atoms with Gasteiger partial charge < -0.3 is 9.84 Å². The van der Waals surface area contributed by atoms with Crippen molar-refractivity contribution in [2.75, 3.05) is 0 Å². The van der Waals surface area contributed by atoms with Gasteiger partial charge in [-0.05, 0) is 30.2 Å². The van der Waals surface area contributed by atoms with Crippen LogP contribution in [0, 0.1) is 5.92 Å². The molecule has 2 unspecified atom stereocenters. The van der Waals surface area contributed by atoms with Gasteiger partial charge in [-0.1, -0.05) is 20.3 Å². The van der Waals surface area contributed by atoms with Gasteiger partial charge in [0.1, 0.15) is 16.9 Å². The maximum absolute atomic E-state index is 11.6. The molecule has 0 aliphatic rings. The summed E-state index contributed by atoms with van der Waals surface area (Å²) in [6.07, 6.45) is 0.818. The van der Waals surface area contributed by atoms with E-state index in [0.29, 0.717) is 5.75 Å². The average molecular weight is 243 g/mol. The van der Waals surface area contributed by atoms with Gasteiger partial charge >= 0.3 is 5.97 Å². The molecule has 0 heterocycles. The molecule has 4 heteroatoms. The highest BCUT2D eigenvalue weighted by atomic mass is 35.5. The summed E-state index contributed by atoms with van der Waals surface area (Å²) >= 11 is 5.94. The molecule has 0 radical (unpaired) electrons. The van der Waals surface area contributed by atoms with Crippen LogP contribution in [0.5, 0.6) is 11.5 Å². The van der Waals surface area contributed by atoms with Gasteiger partial charge in [0.05, 0.1) is 0 Å². The van der Waals surface area contributed by atoms with Crippen LogP contribution in [-0.2, 0) is 4.79 Å². The van der Waals surface area contributed by atoms with Gasteiger partial charge in [-0.2, -0.15) is 0 Å². The van der Waals surface area contributed by atoms with Crippen molar-refractivity contribution in [1.82, 2.24) is 0 Å². The number of rotatable bonds is 4. The van der Waals surface area contributed by atoms with Crippen molar-refractivity contribution in [3.63, 3.8) is 0 Å². The van der Waals surface area contributed by atoms with Crippen molar-refractivity contribution in [3.8, 4) is 11.5 Å². The lowest BCUT2D eigenvalue weighted by atomic mass is 10.1. The summed E-state index contributed by atoms with van der Waals surface area (Å²) < 4.78 is 5.07. The second-order valence-electron chi connectivity index (χ2n) is 3.70. The number of carbonyl (C=O) groups is 1. The molecule has 16 heavy (non-hydrogen) atoms. The Balaban J connectivity index is 2.60. The summed E-state index contributed by atoms with van der Waals surface area (Å²) in [7, 11) is 0. The van der Waals surface area contributed by atoms with Gasteiger partial charge in [-0.15, -0.1) is 11.6 Å². The van der Waals surface area contributed by atoms with Crippen molar-refractivity contribution in [1.29, 1.82) is 0 Å². The Bertz CT molecular complexity index is 348. The number of hydrogen-bond donors (Lipinski definition) is 1. The standard InChI is InChI=1S/C12H15ClO3/c1-3-8(2)11(13)12(15)16-10-6-4-9(14)5-7-10/h4-8,11,14H,3H2,1-2H3. The van der Waals surface area contributed by atoms with E-state index in [2.05, 4.69) is 0 Å². The van der Waals surface area contributed by atoms with Crippen molar-refractivity contribution >= 4 is 17.6 Å². The Morgan fingerprint density at radius 3 is 2.50 bits per heavy atom. The van der Waals surface area contributed by atoms with E-state index in [1.807, 2.05) is 13.8 Å². The number of esters is 1. The van der Waals surface area contributed by atoms with Crippen molar-refractivity contribution in [2.45, 2.75) is 25.6 Å². The molecule has 1 aromatic carbocycles. The number of hydrogen-bond acceptors (Lipinski definition) is 3. The van der Waals surface area contributed by atoms with E-state index in [4.69, 9.17) is 21.4 Å². The van der Waals surface area contributed by atoms with E-state index in [0.717, 1.165) is 6.42 Å². The van der Waals surface area contributed by atoms with E-state index in [-0.39, 0.29) is 11.7 Å². The normalized spacial score (nSPS) is 14.2. The van der Waals surface area contributed by atoms with E-state index in [1.54, 1.807) is 0 Å². The fourth-order valence-electron chi connectivity index (χ4n) is 1.13. The summed E-state index contributed by atoms with van der Waals surface area (Å²) in [5.74, 6) is 0.133. The van der Waals surface area contributed by atoms with Crippen LogP contribution in [0.25, 0.3) is 0 Å². The number of ether oxygens (including phenoxy) is 1. The zero-order chi connectivity index (χ0) is 12.1. The first-order valence-corrected chi connectivity index (χ1v) is 5.63. The van der Waals surface area contributed by atoms with Crippen LogP contribution in [0.4, 0.5) is 0 Å². The SMILES string of the molecule is CCC(C)C(Cl)C(=O)Oc1ccc(O)cc1. The van der Waals surface area contributed by atoms with E-state index < -0.39 is 11.3 Å². The fourth-order valence-corrected chi connectivity index (χ4v) is 1.35. The number of aromatic hydroxyl groups is 1. The van der Waals surface area contributed by atoms with Gasteiger partial charge in [-0.25, -0.2) is 0 Å². The van der Waals surface area contributed by atoms with Gasteiger partial charge in [0.2, 0.25) is 0 Å². The topological polar surface area (TPSA) is 46.5 Å². The highest BCUT2D eigenvalue weighted by Gasteiger charge is 2.23. The third-order valence-electron chi connectivity index (χ3n) is 2.42. The molecule has 1 N–H and O–H groups in total. The Labute approximate surface area is 100.0 Å². The van der Waals surface area contributed by atoms with Crippen LogP contribution in [0.1, 0.15) is 20.3 Å². The molecule has 2 atom stereocenters. The molecule has 0 aromatic heterocycles. The second-order valence-corrected chi connectivity index (χ2v) is 4.17. The summed E-state index contributed by atoms with van der Waals surface area (Å²) in [5.41, 5.74) is 0. The first kappa shape index (κ1) is 12.8. The number of benzene rings is 1. The third-order valence-corrected chi connectivity index (χ3v) is 3.03. The van der Waals surface area contributed by atoms with Crippen LogP contribution in [0.15, 0.2) is 24.3 Å². The Morgan fingerprint density at radius 1 is 1.44 bits per heavy atom. The Hall–Kier alpha value is -1.22. The summed E-state index contributed by atoms with van der Waals surface area (Å²) in [6, 6.07) is 5.95. The van der Waals surface area contributed by atoms with E-state index in [1.165, 1.54) is 24.3 Å². The van der Waals surface area contributed by atoms with Crippen molar-refractivity contribution in [3.05, 3.63) is 24.3 Å². The number of carbonyl (C=O) groups excluding carboxylic acids is 1. The first-order chi connectivity index (χ1) is 7.54. The number of halogens is 1. The molecule has 1 aromatic rings. The lowest BCUT2D eigenvalue weighted by Crippen LogP contribution is -2.26. The van der Waals surface area contributed by atoms with Crippen LogP contribution in [-0.4, -0.2) is 16.5 Å². The van der Waals surface area contributed by atoms with Crippen molar-refractivity contribution in [2.24, 2.45) is 5.92 Å². The molecule has 0 aliphatic carbocycles. The molecule has 0 saturated carbocycles. The minimum Gasteiger partial charge on any atom is -0.508 e. The predicted octanol–water partition coefficient (Wildman–Crippen LogP) is 2.95. The molecule has 0 amide bonds. The molecular formula is C12H15ClO3. The third kappa shape index (κ3) is 3.42. The van der Waals surface area contributed by atoms with Crippen molar-refractivity contribution < 1.29 is 14.6 Å². The lowest BCUT2D eigenvalue weighted by molar-refractivity contribution is -0.134. The fraction of sp³-hybridized carbons (Fsp3) is 0.417. The van der Waals surface area contributed by atoms with Gasteiger partial charge in [-0.3, -0.25) is 4.79 Å². The molecular weight excluding hydrogens is 228 g/mol. The Kier molecular flexibility index (Phi) is 4.62. The molecule has 88 valence electrons. The number of phenolic OH excluding ortho intramolecular Hbond substituents is 1. The second kappa shape index (κ2) is 5.75. The monoisotopic (exact) mass is 242 g/mol. The van der Waals surface area contributed by atoms with Gasteiger partial charge in [0.25, 0.3) is 0 Å². The van der Waals surface area contributed by atoms with E-state index in [9.17, 15) is 4.79 Å². The minimum absolute atomic E-state index is 0.0753.